The molecule has 0 bridgehead atoms. The molecule has 0 aromatic heterocycles. The highest BCUT2D eigenvalue weighted by molar-refractivity contribution is 7.92. The highest BCUT2D eigenvalue weighted by atomic mass is 32.2. The van der Waals surface area contributed by atoms with Crippen LogP contribution in [0.25, 0.3) is 0 Å². The van der Waals surface area contributed by atoms with Gasteiger partial charge in [0.2, 0.25) is 0 Å². The molecule has 1 N–H and O–H groups in total. The summed E-state index contributed by atoms with van der Waals surface area (Å²) in [5.74, 6) is 0.372. The molecule has 2 aliphatic rings. The van der Waals surface area contributed by atoms with E-state index in [9.17, 15) is 8.42 Å². The molecule has 0 aromatic rings. The molecule has 1 saturated carbocycles. The van der Waals surface area contributed by atoms with Crippen LogP contribution in [0.2, 0.25) is 0 Å². The van der Waals surface area contributed by atoms with Crippen LogP contribution in [0.1, 0.15) is 46.5 Å². The number of nitrogens with one attached hydrogen (secondary N) is 1. The average Bonchev–Trinajstić information content (AvgIpc) is 2.71. The van der Waals surface area contributed by atoms with Crippen molar-refractivity contribution in [1.29, 1.82) is 0 Å². The van der Waals surface area contributed by atoms with Crippen LogP contribution in [0, 0.1) is 5.41 Å². The predicted octanol–water partition coefficient (Wildman–Crippen LogP) is 1.75. The van der Waals surface area contributed by atoms with Gasteiger partial charge in [0.1, 0.15) is 0 Å². The average molecular weight is 289 g/mol. The number of ether oxygens (including phenoxy) is 1. The summed E-state index contributed by atoms with van der Waals surface area (Å²) in [5.41, 5.74) is 0.151. The van der Waals surface area contributed by atoms with Gasteiger partial charge in [-0.3, -0.25) is 0 Å². The van der Waals surface area contributed by atoms with E-state index in [1.165, 1.54) is 0 Å². The maximum absolute atomic E-state index is 11.8. The fraction of sp³-hybridized carbons (Fsp3) is 1.00. The summed E-state index contributed by atoms with van der Waals surface area (Å²) < 4.78 is 29.4. The predicted molar refractivity (Wildman–Crippen MR) is 77.0 cm³/mol. The van der Waals surface area contributed by atoms with E-state index in [0.29, 0.717) is 24.4 Å². The second-order valence-corrected chi connectivity index (χ2v) is 8.53. The molecule has 19 heavy (non-hydrogen) atoms. The lowest BCUT2D eigenvalue weighted by Gasteiger charge is -2.54. The molecule has 1 heterocycles. The van der Waals surface area contributed by atoms with Gasteiger partial charge in [0.05, 0.1) is 17.1 Å². The van der Waals surface area contributed by atoms with Crippen LogP contribution in [0.5, 0.6) is 0 Å². The van der Waals surface area contributed by atoms with Crippen LogP contribution < -0.4 is 5.32 Å². The molecule has 4 nitrogen and oxygen atoms in total. The molecule has 2 fully saturated rings. The zero-order valence-electron chi connectivity index (χ0n) is 12.3. The van der Waals surface area contributed by atoms with Gasteiger partial charge in [-0.25, -0.2) is 8.42 Å². The lowest BCUT2D eigenvalue weighted by Crippen LogP contribution is -2.63. The Hall–Kier alpha value is -0.130. The summed E-state index contributed by atoms with van der Waals surface area (Å²) in [6.07, 6.45) is 4.03. The van der Waals surface area contributed by atoms with E-state index in [2.05, 4.69) is 19.2 Å². The first-order valence-corrected chi connectivity index (χ1v) is 9.22. The number of rotatable bonds is 6. The Bertz CT molecular complexity index is 409. The van der Waals surface area contributed by atoms with Crippen LogP contribution in [-0.2, 0) is 14.6 Å². The summed E-state index contributed by atoms with van der Waals surface area (Å²) in [5, 5.41) is 3.32. The van der Waals surface area contributed by atoms with Gasteiger partial charge in [-0.05, 0) is 32.6 Å². The molecule has 5 heteroatoms. The van der Waals surface area contributed by atoms with Crippen LogP contribution in [0.3, 0.4) is 0 Å². The maximum atomic E-state index is 11.8. The van der Waals surface area contributed by atoms with Crippen molar-refractivity contribution in [1.82, 2.24) is 5.32 Å². The van der Waals surface area contributed by atoms with Crippen molar-refractivity contribution < 1.29 is 13.2 Å². The summed E-state index contributed by atoms with van der Waals surface area (Å²) in [6, 6.07) is 0.393. The smallest absolute Gasteiger partial charge is 0.154 e. The Morgan fingerprint density at radius 3 is 2.63 bits per heavy atom. The number of sulfone groups is 1. The second-order valence-electron chi connectivity index (χ2n) is 6.13. The van der Waals surface area contributed by atoms with Crippen molar-refractivity contribution in [3.63, 3.8) is 0 Å². The van der Waals surface area contributed by atoms with Gasteiger partial charge in [-0.2, -0.15) is 0 Å². The Balaban J connectivity index is 1.87. The molecule has 4 atom stereocenters. The Labute approximate surface area is 117 Å². The van der Waals surface area contributed by atoms with Gasteiger partial charge >= 0.3 is 0 Å². The quantitative estimate of drug-likeness (QED) is 0.809. The van der Waals surface area contributed by atoms with Crippen molar-refractivity contribution in [2.24, 2.45) is 5.41 Å². The van der Waals surface area contributed by atoms with E-state index >= 15 is 0 Å². The Kier molecular flexibility index (Phi) is 4.58. The summed E-state index contributed by atoms with van der Waals surface area (Å²) in [6.45, 7) is 7.83. The van der Waals surface area contributed by atoms with Crippen LogP contribution in [0.15, 0.2) is 0 Å². The van der Waals surface area contributed by atoms with E-state index in [4.69, 9.17) is 4.74 Å². The Morgan fingerprint density at radius 1 is 1.37 bits per heavy atom. The standard InChI is InChI=1S/C14H27NO3S/c1-4-14(3)12(9-13(14)18-5-2)15-10-11-7-6-8-19(11,16)17/h11-13,15H,4-10H2,1-3H3. The van der Waals surface area contributed by atoms with E-state index in [0.717, 1.165) is 32.3 Å². The lowest BCUT2D eigenvalue weighted by molar-refractivity contribution is -0.125. The first kappa shape index (κ1) is 15.3. The molecule has 4 unspecified atom stereocenters. The SMILES string of the molecule is CCOC1CC(NCC2CCCS2(=O)=O)C1(C)CC. The van der Waals surface area contributed by atoms with Crippen molar-refractivity contribution in [2.45, 2.75) is 63.9 Å². The fourth-order valence-corrected chi connectivity index (χ4v) is 5.21. The van der Waals surface area contributed by atoms with Gasteiger partial charge in [0.15, 0.2) is 9.84 Å². The molecule has 0 spiro atoms. The molecule has 1 aliphatic carbocycles. The summed E-state index contributed by atoms with van der Waals surface area (Å²) in [7, 11) is -2.83. The van der Waals surface area contributed by atoms with Crippen LogP contribution in [-0.4, -0.2) is 44.7 Å². The van der Waals surface area contributed by atoms with E-state index in [-0.39, 0.29) is 10.7 Å². The van der Waals surface area contributed by atoms with Crippen LogP contribution in [0.4, 0.5) is 0 Å². The van der Waals surface area contributed by atoms with E-state index in [1.54, 1.807) is 0 Å². The third kappa shape index (κ3) is 2.83. The summed E-state index contributed by atoms with van der Waals surface area (Å²) in [4.78, 5) is 0. The van der Waals surface area contributed by atoms with Gasteiger partial charge in [0.25, 0.3) is 0 Å². The van der Waals surface area contributed by atoms with Crippen molar-refractivity contribution >= 4 is 9.84 Å². The van der Waals surface area contributed by atoms with Gasteiger partial charge < -0.3 is 10.1 Å². The van der Waals surface area contributed by atoms with Crippen molar-refractivity contribution in [2.75, 3.05) is 18.9 Å². The monoisotopic (exact) mass is 289 g/mol. The lowest BCUT2D eigenvalue weighted by atomic mass is 9.61. The molecule has 1 saturated heterocycles. The van der Waals surface area contributed by atoms with E-state index < -0.39 is 9.84 Å². The largest absolute Gasteiger partial charge is 0.378 e. The highest BCUT2D eigenvalue weighted by Gasteiger charge is 2.51. The topological polar surface area (TPSA) is 55.4 Å². The zero-order valence-corrected chi connectivity index (χ0v) is 13.1. The molecular formula is C14H27NO3S. The fourth-order valence-electron chi connectivity index (χ4n) is 3.43. The van der Waals surface area contributed by atoms with Crippen molar-refractivity contribution in [3.05, 3.63) is 0 Å². The molecular weight excluding hydrogens is 262 g/mol. The third-order valence-corrected chi connectivity index (χ3v) is 7.44. The minimum absolute atomic E-state index is 0.151. The number of hydrogen-bond acceptors (Lipinski definition) is 4. The number of hydrogen-bond donors (Lipinski definition) is 1. The molecule has 1 aliphatic heterocycles. The highest BCUT2D eigenvalue weighted by Crippen LogP contribution is 2.45. The summed E-state index contributed by atoms with van der Waals surface area (Å²) >= 11 is 0. The molecule has 0 radical (unpaired) electrons. The first-order valence-electron chi connectivity index (χ1n) is 7.50. The molecule has 112 valence electrons. The van der Waals surface area contributed by atoms with Gasteiger partial charge in [-0.15, -0.1) is 0 Å². The van der Waals surface area contributed by atoms with Gasteiger partial charge in [0, 0.05) is 24.6 Å². The van der Waals surface area contributed by atoms with Gasteiger partial charge in [-0.1, -0.05) is 13.8 Å². The first-order chi connectivity index (χ1) is 8.94. The maximum Gasteiger partial charge on any atom is 0.154 e. The Morgan fingerprint density at radius 2 is 2.11 bits per heavy atom. The second kappa shape index (κ2) is 5.70. The molecule has 0 aromatic carbocycles. The minimum Gasteiger partial charge on any atom is -0.378 e. The molecule has 2 rings (SSSR count). The van der Waals surface area contributed by atoms with Crippen LogP contribution >= 0.6 is 0 Å². The van der Waals surface area contributed by atoms with E-state index in [1.807, 2.05) is 6.92 Å². The molecule has 0 amide bonds. The normalized spacial score (nSPS) is 41.1. The zero-order chi connectivity index (χ0) is 14.1. The minimum atomic E-state index is -2.83. The van der Waals surface area contributed by atoms with Crippen molar-refractivity contribution in [3.8, 4) is 0 Å². The third-order valence-electron chi connectivity index (χ3n) is 5.17.